The molecule has 0 spiro atoms. The Hall–Kier alpha value is -1.85. The molecule has 1 N–H and O–H groups in total. The monoisotopic (exact) mass is 317 g/mol. The Kier molecular flexibility index (Phi) is 4.68. The van der Waals surface area contributed by atoms with E-state index >= 15 is 0 Å². The van der Waals surface area contributed by atoms with Gasteiger partial charge in [0.1, 0.15) is 5.69 Å². The second kappa shape index (κ2) is 6.72. The third-order valence-corrected chi connectivity index (χ3v) is 5.11. The fourth-order valence-corrected chi connectivity index (χ4v) is 3.83. The SMILES string of the molecule is CCC[C@H]1CN(C2CCCC2)c2nc(NC)ncc2N(C)C1=O. The molecule has 0 radical (unpaired) electrons. The molecule has 3 rings (SSSR count). The minimum Gasteiger partial charge on any atom is -0.357 e. The molecule has 1 atom stereocenters. The molecule has 0 aromatic carbocycles. The predicted molar refractivity (Wildman–Crippen MR) is 93.0 cm³/mol. The van der Waals surface area contributed by atoms with Crippen molar-refractivity contribution in [3.05, 3.63) is 6.20 Å². The Morgan fingerprint density at radius 1 is 1.35 bits per heavy atom. The molecule has 0 bridgehead atoms. The first-order valence-electron chi connectivity index (χ1n) is 8.74. The van der Waals surface area contributed by atoms with Gasteiger partial charge in [0.15, 0.2) is 5.82 Å². The minimum atomic E-state index is 0.0397. The van der Waals surface area contributed by atoms with Gasteiger partial charge in [0, 0.05) is 26.7 Å². The fourth-order valence-electron chi connectivity index (χ4n) is 3.83. The van der Waals surface area contributed by atoms with E-state index in [1.807, 2.05) is 14.1 Å². The summed E-state index contributed by atoms with van der Waals surface area (Å²) >= 11 is 0. The highest BCUT2D eigenvalue weighted by Gasteiger charge is 2.36. The van der Waals surface area contributed by atoms with Gasteiger partial charge in [-0.3, -0.25) is 4.79 Å². The number of nitrogens with one attached hydrogen (secondary N) is 1. The molecular formula is C17H27N5O. The molecule has 0 unspecified atom stereocenters. The van der Waals surface area contributed by atoms with Gasteiger partial charge in [0.25, 0.3) is 0 Å². The first kappa shape index (κ1) is 16.0. The van der Waals surface area contributed by atoms with Crippen LogP contribution in [0.5, 0.6) is 0 Å². The predicted octanol–water partition coefficient (Wildman–Crippen LogP) is 2.66. The zero-order valence-electron chi connectivity index (χ0n) is 14.4. The first-order valence-corrected chi connectivity index (χ1v) is 8.74. The molecule has 1 saturated carbocycles. The molecule has 1 aromatic heterocycles. The number of fused-ring (bicyclic) bond motifs is 1. The molecule has 1 aliphatic carbocycles. The second-order valence-corrected chi connectivity index (χ2v) is 6.63. The lowest BCUT2D eigenvalue weighted by Gasteiger charge is -2.31. The van der Waals surface area contributed by atoms with Gasteiger partial charge in [-0.25, -0.2) is 4.98 Å². The van der Waals surface area contributed by atoms with Gasteiger partial charge < -0.3 is 15.1 Å². The summed E-state index contributed by atoms with van der Waals surface area (Å²) in [6.45, 7) is 2.92. The van der Waals surface area contributed by atoms with Gasteiger partial charge in [-0.2, -0.15) is 4.98 Å². The van der Waals surface area contributed by atoms with Crippen LogP contribution in [-0.2, 0) is 4.79 Å². The van der Waals surface area contributed by atoms with Gasteiger partial charge >= 0.3 is 0 Å². The third-order valence-electron chi connectivity index (χ3n) is 5.11. The number of rotatable bonds is 4. The van der Waals surface area contributed by atoms with Gasteiger partial charge in [-0.1, -0.05) is 26.2 Å². The highest BCUT2D eigenvalue weighted by Crippen LogP contribution is 2.37. The van der Waals surface area contributed by atoms with E-state index in [4.69, 9.17) is 4.98 Å². The molecular weight excluding hydrogens is 290 g/mol. The van der Waals surface area contributed by atoms with E-state index < -0.39 is 0 Å². The number of hydrogen-bond donors (Lipinski definition) is 1. The Balaban J connectivity index is 2.04. The molecule has 23 heavy (non-hydrogen) atoms. The van der Waals surface area contributed by atoms with Crippen LogP contribution >= 0.6 is 0 Å². The molecule has 6 heteroatoms. The van der Waals surface area contributed by atoms with Crippen LogP contribution in [0.25, 0.3) is 0 Å². The van der Waals surface area contributed by atoms with Crippen molar-refractivity contribution < 1.29 is 4.79 Å². The van der Waals surface area contributed by atoms with E-state index in [0.717, 1.165) is 30.9 Å². The number of aromatic nitrogens is 2. The maximum Gasteiger partial charge on any atom is 0.231 e. The smallest absolute Gasteiger partial charge is 0.231 e. The van der Waals surface area contributed by atoms with E-state index in [2.05, 4.69) is 22.1 Å². The average Bonchev–Trinajstić information content (AvgIpc) is 3.08. The number of nitrogens with zero attached hydrogens (tertiary/aromatic N) is 4. The Bertz CT molecular complexity index is 570. The molecule has 6 nitrogen and oxygen atoms in total. The highest BCUT2D eigenvalue weighted by molar-refractivity contribution is 5.98. The summed E-state index contributed by atoms with van der Waals surface area (Å²) < 4.78 is 0. The standard InChI is InChI=1S/C17H27N5O/c1-4-7-12-11-22(13-8-5-6-9-13)15-14(21(3)16(12)23)10-19-17(18-2)20-15/h10,12-13H,4-9,11H2,1-3H3,(H,18,19,20)/t12-/m0/s1. The zero-order valence-corrected chi connectivity index (χ0v) is 14.4. The summed E-state index contributed by atoms with van der Waals surface area (Å²) in [4.78, 5) is 26.0. The van der Waals surface area contributed by atoms with Crippen LogP contribution < -0.4 is 15.1 Å². The lowest BCUT2D eigenvalue weighted by Crippen LogP contribution is -2.40. The molecule has 126 valence electrons. The van der Waals surface area contributed by atoms with E-state index in [9.17, 15) is 4.79 Å². The van der Waals surface area contributed by atoms with E-state index in [1.165, 1.54) is 25.7 Å². The summed E-state index contributed by atoms with van der Waals surface area (Å²) in [6, 6.07) is 0.493. The van der Waals surface area contributed by atoms with Crippen molar-refractivity contribution in [3.63, 3.8) is 0 Å². The first-order chi connectivity index (χ1) is 11.2. The maximum absolute atomic E-state index is 12.8. The summed E-state index contributed by atoms with van der Waals surface area (Å²) in [5, 5.41) is 3.02. The van der Waals surface area contributed by atoms with Gasteiger partial charge in [0.05, 0.1) is 12.1 Å². The normalized spacial score (nSPS) is 22.2. The van der Waals surface area contributed by atoms with Crippen molar-refractivity contribution in [1.29, 1.82) is 0 Å². The Morgan fingerprint density at radius 2 is 2.09 bits per heavy atom. The second-order valence-electron chi connectivity index (χ2n) is 6.63. The van der Waals surface area contributed by atoms with Crippen molar-refractivity contribution in [1.82, 2.24) is 9.97 Å². The molecule has 2 aliphatic rings. The lowest BCUT2D eigenvalue weighted by atomic mass is 10.0. The van der Waals surface area contributed by atoms with Crippen molar-refractivity contribution in [3.8, 4) is 0 Å². The van der Waals surface area contributed by atoms with Crippen LogP contribution in [0.2, 0.25) is 0 Å². The number of hydrogen-bond acceptors (Lipinski definition) is 5. The Morgan fingerprint density at radius 3 is 2.74 bits per heavy atom. The van der Waals surface area contributed by atoms with Gasteiger partial charge in [0.2, 0.25) is 11.9 Å². The summed E-state index contributed by atoms with van der Waals surface area (Å²) in [5.41, 5.74) is 0.833. The van der Waals surface area contributed by atoms with Gasteiger partial charge in [-0.05, 0) is 19.3 Å². The van der Waals surface area contributed by atoms with Crippen LogP contribution in [0.3, 0.4) is 0 Å². The summed E-state index contributed by atoms with van der Waals surface area (Å²) in [7, 11) is 3.68. The maximum atomic E-state index is 12.8. The number of anilines is 3. The number of carbonyl (C=O) groups excluding carboxylic acids is 1. The van der Waals surface area contributed by atoms with Crippen molar-refractivity contribution >= 4 is 23.4 Å². The summed E-state index contributed by atoms with van der Waals surface area (Å²) in [6.07, 6.45) is 8.64. The Labute approximate surface area is 138 Å². The quantitative estimate of drug-likeness (QED) is 0.925. The van der Waals surface area contributed by atoms with Crippen molar-refractivity contribution in [2.75, 3.05) is 35.8 Å². The van der Waals surface area contributed by atoms with Crippen LogP contribution in [0.15, 0.2) is 6.20 Å². The van der Waals surface area contributed by atoms with E-state index in [0.29, 0.717) is 12.0 Å². The van der Waals surface area contributed by atoms with Crippen LogP contribution in [0, 0.1) is 5.92 Å². The zero-order chi connectivity index (χ0) is 16.4. The molecule has 1 fully saturated rings. The van der Waals surface area contributed by atoms with Crippen molar-refractivity contribution in [2.45, 2.75) is 51.5 Å². The highest BCUT2D eigenvalue weighted by atomic mass is 16.2. The summed E-state index contributed by atoms with van der Waals surface area (Å²) in [5.74, 6) is 1.75. The molecule has 1 amide bonds. The largest absolute Gasteiger partial charge is 0.357 e. The van der Waals surface area contributed by atoms with E-state index in [-0.39, 0.29) is 11.8 Å². The van der Waals surface area contributed by atoms with E-state index in [1.54, 1.807) is 11.1 Å². The van der Waals surface area contributed by atoms with Gasteiger partial charge in [-0.15, -0.1) is 0 Å². The third kappa shape index (κ3) is 2.99. The number of carbonyl (C=O) groups is 1. The fraction of sp³-hybridized carbons (Fsp3) is 0.706. The minimum absolute atomic E-state index is 0.0397. The average molecular weight is 317 g/mol. The molecule has 1 aromatic rings. The lowest BCUT2D eigenvalue weighted by molar-refractivity contribution is -0.121. The van der Waals surface area contributed by atoms with Crippen LogP contribution in [0.1, 0.15) is 45.4 Å². The van der Waals surface area contributed by atoms with Crippen LogP contribution in [0.4, 0.5) is 17.5 Å². The molecule has 2 heterocycles. The topological polar surface area (TPSA) is 61.4 Å². The van der Waals surface area contributed by atoms with Crippen LogP contribution in [-0.4, -0.2) is 42.6 Å². The number of amides is 1. The molecule has 1 aliphatic heterocycles. The van der Waals surface area contributed by atoms with Crippen molar-refractivity contribution in [2.24, 2.45) is 5.92 Å². The molecule has 0 saturated heterocycles.